The quantitative estimate of drug-likeness (QED) is 0.766. The molecule has 1 heterocycles. The number of carboxylic acids is 1. The molecule has 0 saturated carbocycles. The summed E-state index contributed by atoms with van der Waals surface area (Å²) in [5.41, 5.74) is 3.05. The summed E-state index contributed by atoms with van der Waals surface area (Å²) in [6.45, 7) is 0. The minimum Gasteiger partial charge on any atom is -0.481 e. The third-order valence-corrected chi connectivity index (χ3v) is 3.54. The predicted molar refractivity (Wildman–Crippen MR) is 90.3 cm³/mol. The fourth-order valence-electron chi connectivity index (χ4n) is 2.48. The monoisotopic (exact) mass is 331 g/mol. The zero-order valence-electron chi connectivity index (χ0n) is 12.2. The number of carboxylic acid groups (broad SMARTS) is 1. The molecule has 0 atom stereocenters. The van der Waals surface area contributed by atoms with E-state index in [1.807, 2.05) is 36.4 Å². The van der Waals surface area contributed by atoms with Crippen LogP contribution in [0.25, 0.3) is 22.2 Å². The highest BCUT2D eigenvalue weighted by atomic mass is 35.5. The van der Waals surface area contributed by atoms with Crippen LogP contribution in [0.15, 0.2) is 54.6 Å². The van der Waals surface area contributed by atoms with Crippen LogP contribution in [0.3, 0.4) is 0 Å². The Hall–Kier alpha value is -2.46. The number of aromatic nitrogens is 1. The van der Waals surface area contributed by atoms with Crippen molar-refractivity contribution in [2.45, 2.75) is 12.8 Å². The molecule has 3 nitrogen and oxygen atoms in total. The molecule has 1 aromatic heterocycles. The van der Waals surface area contributed by atoms with Gasteiger partial charge in [-0.15, -0.1) is 12.4 Å². The predicted octanol–water partition coefficient (Wildman–Crippen LogP) is 4.48. The third-order valence-electron chi connectivity index (χ3n) is 3.54. The van der Waals surface area contributed by atoms with Crippen LogP contribution in [-0.4, -0.2) is 16.1 Å². The fourth-order valence-corrected chi connectivity index (χ4v) is 2.48. The second-order valence-corrected chi connectivity index (χ2v) is 5.09. The number of fused-ring (bicyclic) bond motifs is 1. The zero-order chi connectivity index (χ0) is 15.5. The SMILES string of the molecule is Cl.O=C(O)CCc1cc(-c2ccccc2)nc2cc(F)ccc12. The van der Waals surface area contributed by atoms with Crippen molar-refractivity contribution < 1.29 is 14.3 Å². The highest BCUT2D eigenvalue weighted by Gasteiger charge is 2.10. The summed E-state index contributed by atoms with van der Waals surface area (Å²) >= 11 is 0. The minimum atomic E-state index is -0.853. The second kappa shape index (κ2) is 7.20. The number of hydrogen-bond acceptors (Lipinski definition) is 2. The first-order chi connectivity index (χ1) is 10.6. The standard InChI is InChI=1S/C18H14FNO2.ClH/c19-14-7-8-15-13(6-9-18(21)22)10-16(20-17(15)11-14)12-4-2-1-3-5-12;/h1-5,7-8,10-11H,6,9H2,(H,21,22);1H. The summed E-state index contributed by atoms with van der Waals surface area (Å²) < 4.78 is 13.5. The van der Waals surface area contributed by atoms with E-state index in [9.17, 15) is 9.18 Å². The molecule has 0 bridgehead atoms. The van der Waals surface area contributed by atoms with Gasteiger partial charge in [0, 0.05) is 23.4 Å². The van der Waals surface area contributed by atoms with Crippen LogP contribution in [0.5, 0.6) is 0 Å². The molecule has 0 radical (unpaired) electrons. The van der Waals surface area contributed by atoms with Gasteiger partial charge in [0.1, 0.15) is 5.82 Å². The maximum Gasteiger partial charge on any atom is 0.303 e. The zero-order valence-corrected chi connectivity index (χ0v) is 13.0. The van der Waals surface area contributed by atoms with Gasteiger partial charge in [-0.3, -0.25) is 4.79 Å². The lowest BCUT2D eigenvalue weighted by Gasteiger charge is -2.09. The summed E-state index contributed by atoms with van der Waals surface area (Å²) in [6.07, 6.45) is 0.421. The van der Waals surface area contributed by atoms with E-state index in [4.69, 9.17) is 5.11 Å². The molecule has 0 aliphatic heterocycles. The van der Waals surface area contributed by atoms with Gasteiger partial charge in [-0.2, -0.15) is 0 Å². The molecule has 118 valence electrons. The Morgan fingerprint density at radius 3 is 2.52 bits per heavy atom. The van der Waals surface area contributed by atoms with Crippen LogP contribution in [-0.2, 0) is 11.2 Å². The lowest BCUT2D eigenvalue weighted by Crippen LogP contribution is -2.00. The largest absolute Gasteiger partial charge is 0.481 e. The number of halogens is 2. The van der Waals surface area contributed by atoms with Gasteiger partial charge in [-0.05, 0) is 30.2 Å². The number of rotatable bonds is 4. The summed E-state index contributed by atoms with van der Waals surface area (Å²) in [5, 5.41) is 9.70. The van der Waals surface area contributed by atoms with Crippen molar-refractivity contribution in [2.24, 2.45) is 0 Å². The van der Waals surface area contributed by atoms with Gasteiger partial charge in [0.15, 0.2) is 0 Å². The Morgan fingerprint density at radius 1 is 1.09 bits per heavy atom. The van der Waals surface area contributed by atoms with Gasteiger partial charge in [0.2, 0.25) is 0 Å². The van der Waals surface area contributed by atoms with E-state index in [2.05, 4.69) is 4.98 Å². The average Bonchev–Trinajstić information content (AvgIpc) is 2.52. The molecule has 0 spiro atoms. The third kappa shape index (κ3) is 3.85. The highest BCUT2D eigenvalue weighted by Crippen LogP contribution is 2.26. The van der Waals surface area contributed by atoms with E-state index >= 15 is 0 Å². The molecule has 0 unspecified atom stereocenters. The number of benzene rings is 2. The van der Waals surface area contributed by atoms with E-state index < -0.39 is 5.97 Å². The Bertz CT molecular complexity index is 837. The number of aliphatic carboxylic acids is 1. The first kappa shape index (κ1) is 16.9. The molecule has 5 heteroatoms. The van der Waals surface area contributed by atoms with Crippen LogP contribution in [0, 0.1) is 5.82 Å². The normalized spacial score (nSPS) is 10.3. The van der Waals surface area contributed by atoms with E-state index in [0.717, 1.165) is 22.2 Å². The van der Waals surface area contributed by atoms with Crippen molar-refractivity contribution in [1.82, 2.24) is 4.98 Å². The van der Waals surface area contributed by atoms with Crippen molar-refractivity contribution in [1.29, 1.82) is 0 Å². The Balaban J connectivity index is 0.00000192. The molecule has 3 rings (SSSR count). The maximum absolute atomic E-state index is 13.5. The summed E-state index contributed by atoms with van der Waals surface area (Å²) in [4.78, 5) is 15.3. The van der Waals surface area contributed by atoms with Crippen molar-refractivity contribution in [3.8, 4) is 11.3 Å². The van der Waals surface area contributed by atoms with E-state index in [0.29, 0.717) is 11.9 Å². The topological polar surface area (TPSA) is 50.2 Å². The van der Waals surface area contributed by atoms with Crippen molar-refractivity contribution in [3.63, 3.8) is 0 Å². The molecule has 23 heavy (non-hydrogen) atoms. The van der Waals surface area contributed by atoms with Gasteiger partial charge in [0.05, 0.1) is 11.2 Å². The Morgan fingerprint density at radius 2 is 1.83 bits per heavy atom. The van der Waals surface area contributed by atoms with E-state index in [1.165, 1.54) is 12.1 Å². The Kier molecular flexibility index (Phi) is 5.29. The summed E-state index contributed by atoms with van der Waals surface area (Å²) in [6, 6.07) is 15.9. The van der Waals surface area contributed by atoms with Crippen LogP contribution in [0.1, 0.15) is 12.0 Å². The van der Waals surface area contributed by atoms with Crippen molar-refractivity contribution in [3.05, 3.63) is 66.0 Å². The number of nitrogens with zero attached hydrogens (tertiary/aromatic N) is 1. The van der Waals surface area contributed by atoms with Crippen LogP contribution >= 0.6 is 12.4 Å². The van der Waals surface area contributed by atoms with Gasteiger partial charge in [0.25, 0.3) is 0 Å². The fraction of sp³-hybridized carbons (Fsp3) is 0.111. The first-order valence-electron chi connectivity index (χ1n) is 7.00. The molecule has 0 saturated heterocycles. The van der Waals surface area contributed by atoms with Crippen molar-refractivity contribution >= 4 is 29.3 Å². The average molecular weight is 332 g/mol. The number of carbonyl (C=O) groups is 1. The molecule has 1 N–H and O–H groups in total. The van der Waals surface area contributed by atoms with Crippen LogP contribution in [0.2, 0.25) is 0 Å². The number of hydrogen-bond donors (Lipinski definition) is 1. The number of pyridine rings is 1. The molecule has 0 amide bonds. The van der Waals surface area contributed by atoms with Gasteiger partial charge in [-0.1, -0.05) is 30.3 Å². The van der Waals surface area contributed by atoms with Gasteiger partial charge >= 0.3 is 5.97 Å². The molecule has 0 fully saturated rings. The maximum atomic E-state index is 13.5. The van der Waals surface area contributed by atoms with Crippen LogP contribution in [0.4, 0.5) is 4.39 Å². The minimum absolute atomic E-state index is 0. The second-order valence-electron chi connectivity index (χ2n) is 5.09. The summed E-state index contributed by atoms with van der Waals surface area (Å²) in [7, 11) is 0. The molecule has 2 aromatic carbocycles. The summed E-state index contributed by atoms with van der Waals surface area (Å²) in [5.74, 6) is -1.21. The Labute approximate surface area is 139 Å². The molecular weight excluding hydrogens is 317 g/mol. The highest BCUT2D eigenvalue weighted by molar-refractivity contribution is 5.86. The van der Waals surface area contributed by atoms with Crippen LogP contribution < -0.4 is 0 Å². The first-order valence-corrected chi connectivity index (χ1v) is 7.00. The van der Waals surface area contributed by atoms with E-state index in [1.54, 1.807) is 6.07 Å². The molecular formula is C18H15ClFNO2. The number of aryl methyl sites for hydroxylation is 1. The van der Waals surface area contributed by atoms with Crippen molar-refractivity contribution in [2.75, 3.05) is 0 Å². The van der Waals surface area contributed by atoms with Gasteiger partial charge < -0.3 is 5.11 Å². The molecule has 0 aliphatic carbocycles. The lowest BCUT2D eigenvalue weighted by atomic mass is 10.0. The van der Waals surface area contributed by atoms with Gasteiger partial charge in [-0.25, -0.2) is 9.37 Å². The molecule has 0 aliphatic rings. The molecule has 3 aromatic rings. The lowest BCUT2D eigenvalue weighted by molar-refractivity contribution is -0.136. The smallest absolute Gasteiger partial charge is 0.303 e. The van der Waals surface area contributed by atoms with E-state index in [-0.39, 0.29) is 24.6 Å².